The summed E-state index contributed by atoms with van der Waals surface area (Å²) in [6, 6.07) is 23.4. The molecule has 0 saturated carbocycles. The van der Waals surface area contributed by atoms with Crippen molar-refractivity contribution in [1.29, 1.82) is 0 Å². The number of hydrogen-bond acceptors (Lipinski definition) is 3. The maximum absolute atomic E-state index is 13.2. The molecule has 154 valence electrons. The van der Waals surface area contributed by atoms with Crippen molar-refractivity contribution >= 4 is 11.8 Å². The largest absolute Gasteiger partial charge is 0.459 e. The van der Waals surface area contributed by atoms with Gasteiger partial charge in [0.1, 0.15) is 0 Å². The first-order chi connectivity index (χ1) is 14.6. The van der Waals surface area contributed by atoms with Crippen molar-refractivity contribution in [2.24, 2.45) is 5.92 Å². The van der Waals surface area contributed by atoms with Crippen LogP contribution in [0, 0.1) is 5.92 Å². The second-order valence-corrected chi connectivity index (χ2v) is 7.89. The average Bonchev–Trinajstić information content (AvgIpc) is 3.35. The zero-order valence-electron chi connectivity index (χ0n) is 17.1. The van der Waals surface area contributed by atoms with Gasteiger partial charge in [0, 0.05) is 19.0 Å². The average molecular weight is 402 g/mol. The number of carbonyl (C=O) groups is 2. The molecule has 0 radical (unpaired) electrons. The minimum absolute atomic E-state index is 0.0234. The Morgan fingerprint density at radius 3 is 1.97 bits per heavy atom. The van der Waals surface area contributed by atoms with Crippen molar-refractivity contribution in [3.05, 3.63) is 95.9 Å². The molecule has 0 bridgehead atoms. The van der Waals surface area contributed by atoms with E-state index in [9.17, 15) is 9.59 Å². The Hall–Kier alpha value is -3.34. The summed E-state index contributed by atoms with van der Waals surface area (Å²) in [6.07, 6.45) is 2.78. The maximum Gasteiger partial charge on any atom is 0.289 e. The van der Waals surface area contributed by atoms with E-state index in [-0.39, 0.29) is 17.7 Å². The van der Waals surface area contributed by atoms with Gasteiger partial charge in [-0.15, -0.1) is 0 Å². The van der Waals surface area contributed by atoms with Crippen LogP contribution in [0.3, 0.4) is 0 Å². The van der Waals surface area contributed by atoms with Crippen molar-refractivity contribution in [3.8, 4) is 0 Å². The Bertz CT molecular complexity index is 936. The van der Waals surface area contributed by atoms with E-state index < -0.39 is 5.54 Å². The van der Waals surface area contributed by atoms with Crippen LogP contribution in [0.4, 0.5) is 0 Å². The van der Waals surface area contributed by atoms with Crippen LogP contribution in [-0.4, -0.2) is 29.8 Å². The molecule has 1 fully saturated rings. The predicted octanol–water partition coefficient (Wildman–Crippen LogP) is 4.21. The molecule has 1 saturated heterocycles. The Balaban J connectivity index is 1.47. The molecular formula is C25H26N2O3. The lowest BCUT2D eigenvalue weighted by molar-refractivity contribution is -0.127. The summed E-state index contributed by atoms with van der Waals surface area (Å²) in [5, 5.41) is 3.31. The maximum atomic E-state index is 13.2. The summed E-state index contributed by atoms with van der Waals surface area (Å²) in [6.45, 7) is 3.14. The van der Waals surface area contributed by atoms with E-state index >= 15 is 0 Å². The summed E-state index contributed by atoms with van der Waals surface area (Å²) in [5.74, 6) is 0.128. The van der Waals surface area contributed by atoms with Gasteiger partial charge in [0.15, 0.2) is 5.76 Å². The molecule has 3 aromatic rings. The van der Waals surface area contributed by atoms with Crippen LogP contribution in [0.1, 0.15) is 41.4 Å². The molecule has 0 aliphatic carbocycles. The molecule has 2 amide bonds. The summed E-state index contributed by atoms with van der Waals surface area (Å²) in [4.78, 5) is 27.5. The SMILES string of the molecule is CC(NC(=O)C1CCN(C(=O)c2ccco2)CC1)(c1ccccc1)c1ccccc1. The number of hydrogen-bond donors (Lipinski definition) is 1. The van der Waals surface area contributed by atoms with Crippen LogP contribution in [0.2, 0.25) is 0 Å². The molecule has 1 aliphatic heterocycles. The van der Waals surface area contributed by atoms with Crippen molar-refractivity contribution in [2.45, 2.75) is 25.3 Å². The highest BCUT2D eigenvalue weighted by Crippen LogP contribution is 2.30. The number of nitrogens with one attached hydrogen (secondary N) is 1. The molecule has 1 N–H and O–H groups in total. The third-order valence-electron chi connectivity index (χ3n) is 5.96. The molecule has 5 heteroatoms. The first-order valence-corrected chi connectivity index (χ1v) is 10.3. The van der Waals surface area contributed by atoms with Crippen LogP contribution in [0.5, 0.6) is 0 Å². The Morgan fingerprint density at radius 1 is 0.900 bits per heavy atom. The molecule has 0 unspecified atom stereocenters. The standard InChI is InChI=1S/C25H26N2O3/c1-25(20-9-4-2-5-10-20,21-11-6-3-7-12-21)26-23(28)19-14-16-27(17-15-19)24(29)22-13-8-18-30-22/h2-13,18-19H,14-17H2,1H3,(H,26,28). The lowest BCUT2D eigenvalue weighted by Gasteiger charge is -2.36. The lowest BCUT2D eigenvalue weighted by atomic mass is 9.83. The van der Waals surface area contributed by atoms with Gasteiger partial charge in [0.05, 0.1) is 11.8 Å². The molecule has 1 aliphatic rings. The highest BCUT2D eigenvalue weighted by atomic mass is 16.3. The summed E-state index contributed by atoms with van der Waals surface area (Å²) in [7, 11) is 0. The molecule has 2 heterocycles. The number of amides is 2. The fraction of sp³-hybridized carbons (Fsp3) is 0.280. The Kier molecular flexibility index (Phi) is 5.70. The van der Waals surface area contributed by atoms with Crippen LogP contribution in [0.15, 0.2) is 83.5 Å². The molecule has 1 aromatic heterocycles. The topological polar surface area (TPSA) is 62.6 Å². The Labute approximate surface area is 176 Å². The second kappa shape index (κ2) is 8.57. The van der Waals surface area contributed by atoms with Gasteiger partial charge in [-0.1, -0.05) is 60.7 Å². The minimum Gasteiger partial charge on any atom is -0.459 e. The van der Waals surface area contributed by atoms with Gasteiger partial charge in [-0.3, -0.25) is 9.59 Å². The number of nitrogens with zero attached hydrogens (tertiary/aromatic N) is 1. The van der Waals surface area contributed by atoms with Crippen molar-refractivity contribution < 1.29 is 14.0 Å². The van der Waals surface area contributed by atoms with E-state index in [1.165, 1.54) is 6.26 Å². The molecule has 2 aromatic carbocycles. The van der Waals surface area contributed by atoms with E-state index in [1.807, 2.05) is 67.6 Å². The van der Waals surface area contributed by atoms with Gasteiger partial charge in [0.2, 0.25) is 5.91 Å². The lowest BCUT2D eigenvalue weighted by Crippen LogP contribution is -2.49. The van der Waals surface area contributed by atoms with E-state index in [0.717, 1.165) is 11.1 Å². The Morgan fingerprint density at radius 2 is 1.47 bits per heavy atom. The van der Waals surface area contributed by atoms with Crippen molar-refractivity contribution in [2.75, 3.05) is 13.1 Å². The number of benzene rings is 2. The molecule has 5 nitrogen and oxygen atoms in total. The van der Waals surface area contributed by atoms with E-state index in [4.69, 9.17) is 4.42 Å². The van der Waals surface area contributed by atoms with E-state index in [0.29, 0.717) is 31.7 Å². The number of piperidine rings is 1. The van der Waals surface area contributed by atoms with E-state index in [2.05, 4.69) is 5.32 Å². The zero-order valence-corrected chi connectivity index (χ0v) is 17.1. The number of rotatable bonds is 5. The van der Waals surface area contributed by atoms with Gasteiger partial charge in [-0.05, 0) is 43.0 Å². The van der Waals surface area contributed by atoms with Gasteiger partial charge < -0.3 is 14.6 Å². The molecule has 4 rings (SSSR count). The first kappa shape index (κ1) is 20.0. The highest BCUT2D eigenvalue weighted by molar-refractivity contribution is 5.91. The summed E-state index contributed by atoms with van der Waals surface area (Å²) >= 11 is 0. The van der Waals surface area contributed by atoms with Crippen molar-refractivity contribution in [1.82, 2.24) is 10.2 Å². The zero-order chi connectivity index (χ0) is 21.0. The van der Waals surface area contributed by atoms with E-state index in [1.54, 1.807) is 17.0 Å². The predicted molar refractivity (Wildman–Crippen MR) is 115 cm³/mol. The van der Waals surface area contributed by atoms with Gasteiger partial charge in [-0.25, -0.2) is 0 Å². The number of carbonyl (C=O) groups excluding carboxylic acids is 2. The number of likely N-dealkylation sites (tertiary alicyclic amines) is 1. The monoisotopic (exact) mass is 402 g/mol. The van der Waals surface area contributed by atoms with Crippen LogP contribution in [-0.2, 0) is 10.3 Å². The normalized spacial score (nSPS) is 15.0. The smallest absolute Gasteiger partial charge is 0.289 e. The van der Waals surface area contributed by atoms with Gasteiger partial charge >= 0.3 is 0 Å². The third kappa shape index (κ3) is 4.01. The van der Waals surface area contributed by atoms with Crippen LogP contribution < -0.4 is 5.32 Å². The second-order valence-electron chi connectivity index (χ2n) is 7.89. The minimum atomic E-state index is -0.624. The third-order valence-corrected chi connectivity index (χ3v) is 5.96. The van der Waals surface area contributed by atoms with Crippen LogP contribution in [0.25, 0.3) is 0 Å². The highest BCUT2D eigenvalue weighted by Gasteiger charge is 2.35. The van der Waals surface area contributed by atoms with Crippen LogP contribution >= 0.6 is 0 Å². The fourth-order valence-corrected chi connectivity index (χ4v) is 4.10. The quantitative estimate of drug-likeness (QED) is 0.695. The van der Waals surface area contributed by atoms with Gasteiger partial charge in [0.25, 0.3) is 5.91 Å². The molecular weight excluding hydrogens is 376 g/mol. The summed E-state index contributed by atoms with van der Waals surface area (Å²) in [5.41, 5.74) is 1.45. The molecule has 0 spiro atoms. The molecule has 0 atom stereocenters. The van der Waals surface area contributed by atoms with Crippen molar-refractivity contribution in [3.63, 3.8) is 0 Å². The fourth-order valence-electron chi connectivity index (χ4n) is 4.10. The first-order valence-electron chi connectivity index (χ1n) is 10.3. The summed E-state index contributed by atoms with van der Waals surface area (Å²) < 4.78 is 5.22. The van der Waals surface area contributed by atoms with Gasteiger partial charge in [-0.2, -0.15) is 0 Å². The molecule has 30 heavy (non-hydrogen) atoms. The number of furan rings is 1.